The van der Waals surface area contributed by atoms with Crippen molar-refractivity contribution in [3.05, 3.63) is 34.3 Å². The highest BCUT2D eigenvalue weighted by Crippen LogP contribution is 2.36. The first kappa shape index (κ1) is 10.3. The third-order valence-electron chi connectivity index (χ3n) is 2.39. The van der Waals surface area contributed by atoms with Crippen molar-refractivity contribution in [3.63, 3.8) is 0 Å². The fourth-order valence-electron chi connectivity index (χ4n) is 1.62. The van der Waals surface area contributed by atoms with Crippen LogP contribution < -0.4 is 5.32 Å². The van der Waals surface area contributed by atoms with Crippen molar-refractivity contribution in [2.75, 3.05) is 5.75 Å². The van der Waals surface area contributed by atoms with Gasteiger partial charge in [0.15, 0.2) is 0 Å². The van der Waals surface area contributed by atoms with E-state index in [1.807, 2.05) is 17.8 Å². The highest BCUT2D eigenvalue weighted by atomic mass is 35.5. The lowest BCUT2D eigenvalue weighted by atomic mass is 10.1. The maximum absolute atomic E-state index is 6.20. The molecule has 0 radical (unpaired) electrons. The fraction of sp³-hybridized carbons (Fsp3) is 0.455. The number of benzene rings is 1. The number of hydrogen-bond acceptors (Lipinski definition) is 2. The van der Waals surface area contributed by atoms with Crippen LogP contribution in [0.1, 0.15) is 23.4 Å². The fourth-order valence-corrected chi connectivity index (χ4v) is 3.32. The van der Waals surface area contributed by atoms with Gasteiger partial charge in [-0.25, -0.2) is 0 Å². The smallest absolute Gasteiger partial charge is 0.0806 e. The lowest BCUT2D eigenvalue weighted by molar-refractivity contribution is 0.618. The number of nitrogens with one attached hydrogen (secondary N) is 1. The maximum Gasteiger partial charge on any atom is 0.0806 e. The van der Waals surface area contributed by atoms with Gasteiger partial charge in [0.1, 0.15) is 0 Å². The number of aryl methyl sites for hydroxylation is 1. The zero-order valence-electron chi connectivity index (χ0n) is 8.38. The van der Waals surface area contributed by atoms with Crippen molar-refractivity contribution in [3.8, 4) is 0 Å². The second-order valence-corrected chi connectivity index (χ2v) is 5.35. The van der Waals surface area contributed by atoms with Crippen LogP contribution in [0.4, 0.5) is 0 Å². The van der Waals surface area contributed by atoms with Crippen LogP contribution in [0, 0.1) is 6.92 Å². The summed E-state index contributed by atoms with van der Waals surface area (Å²) in [5, 5.41) is 4.76. The van der Waals surface area contributed by atoms with Gasteiger partial charge in [0.25, 0.3) is 0 Å². The summed E-state index contributed by atoms with van der Waals surface area (Å²) in [5.74, 6) is 1.16. The Hall–Kier alpha value is -0.180. The van der Waals surface area contributed by atoms with Crippen LogP contribution in [-0.4, -0.2) is 11.8 Å². The third kappa shape index (κ3) is 2.08. The summed E-state index contributed by atoms with van der Waals surface area (Å²) >= 11 is 8.13. The Morgan fingerprint density at radius 2 is 2.29 bits per heavy atom. The highest BCUT2D eigenvalue weighted by Gasteiger charge is 2.23. The molecule has 1 aliphatic heterocycles. The summed E-state index contributed by atoms with van der Waals surface area (Å²) in [7, 11) is 0. The minimum Gasteiger partial charge on any atom is -0.298 e. The Labute approximate surface area is 94.2 Å². The SMILES string of the molecule is Cc1ccc(C2NC(C)CS2)c(Cl)c1. The second-order valence-electron chi connectivity index (χ2n) is 3.81. The Balaban J connectivity index is 2.24. The molecule has 0 bridgehead atoms. The molecule has 1 aromatic carbocycles. The molecule has 76 valence electrons. The monoisotopic (exact) mass is 227 g/mol. The van der Waals surface area contributed by atoms with E-state index in [-0.39, 0.29) is 0 Å². The van der Waals surface area contributed by atoms with Gasteiger partial charge < -0.3 is 0 Å². The average molecular weight is 228 g/mol. The van der Waals surface area contributed by atoms with Crippen molar-refractivity contribution in [1.29, 1.82) is 0 Å². The van der Waals surface area contributed by atoms with E-state index in [4.69, 9.17) is 11.6 Å². The van der Waals surface area contributed by atoms with Crippen LogP contribution in [-0.2, 0) is 0 Å². The molecule has 2 unspecified atom stereocenters. The molecular formula is C11H14ClNS. The Bertz CT molecular complexity index is 340. The van der Waals surface area contributed by atoms with Gasteiger partial charge in [0.05, 0.1) is 5.37 Å². The molecule has 0 saturated carbocycles. The molecule has 2 atom stereocenters. The first-order valence-corrected chi connectivity index (χ1v) is 6.23. The molecule has 2 rings (SSSR count). The predicted molar refractivity (Wildman–Crippen MR) is 64.0 cm³/mol. The van der Waals surface area contributed by atoms with Crippen molar-refractivity contribution >= 4 is 23.4 Å². The van der Waals surface area contributed by atoms with Crippen LogP contribution >= 0.6 is 23.4 Å². The molecule has 0 amide bonds. The maximum atomic E-state index is 6.20. The summed E-state index contributed by atoms with van der Waals surface area (Å²) in [4.78, 5) is 0. The van der Waals surface area contributed by atoms with Gasteiger partial charge in [-0.1, -0.05) is 23.7 Å². The van der Waals surface area contributed by atoms with Crippen LogP contribution in [0.5, 0.6) is 0 Å². The molecule has 1 heterocycles. The minimum atomic E-state index is 0.373. The molecule has 1 fully saturated rings. The van der Waals surface area contributed by atoms with Gasteiger partial charge in [0, 0.05) is 16.8 Å². The average Bonchev–Trinajstić information content (AvgIpc) is 2.51. The van der Waals surface area contributed by atoms with Gasteiger partial charge in [-0.3, -0.25) is 5.32 Å². The molecule has 0 spiro atoms. The normalized spacial score (nSPS) is 26.8. The molecule has 0 aliphatic carbocycles. The van der Waals surface area contributed by atoms with E-state index in [9.17, 15) is 0 Å². The molecule has 14 heavy (non-hydrogen) atoms. The molecule has 1 aromatic rings. The van der Waals surface area contributed by atoms with Gasteiger partial charge in [-0.15, -0.1) is 11.8 Å². The standard InChI is InChI=1S/C11H14ClNS/c1-7-3-4-9(10(12)5-7)11-13-8(2)6-14-11/h3-5,8,11,13H,6H2,1-2H3. The van der Waals surface area contributed by atoms with Gasteiger partial charge >= 0.3 is 0 Å². The zero-order chi connectivity index (χ0) is 10.1. The predicted octanol–water partition coefficient (Wildman–Crippen LogP) is 3.37. The lowest BCUT2D eigenvalue weighted by Crippen LogP contribution is -2.22. The van der Waals surface area contributed by atoms with Crippen molar-refractivity contribution < 1.29 is 0 Å². The quantitative estimate of drug-likeness (QED) is 0.790. The van der Waals surface area contributed by atoms with Gasteiger partial charge in [-0.05, 0) is 31.0 Å². The van der Waals surface area contributed by atoms with Crippen LogP contribution in [0.15, 0.2) is 18.2 Å². The Kier molecular flexibility index (Phi) is 3.05. The van der Waals surface area contributed by atoms with Gasteiger partial charge in [0.2, 0.25) is 0 Å². The van der Waals surface area contributed by atoms with Crippen LogP contribution in [0.3, 0.4) is 0 Å². The first-order chi connectivity index (χ1) is 6.66. The summed E-state index contributed by atoms with van der Waals surface area (Å²) in [6.45, 7) is 4.27. The number of halogens is 1. The van der Waals surface area contributed by atoms with Crippen molar-refractivity contribution in [1.82, 2.24) is 5.32 Å². The summed E-state index contributed by atoms with van der Waals surface area (Å²) < 4.78 is 0. The molecule has 1 nitrogen and oxygen atoms in total. The topological polar surface area (TPSA) is 12.0 Å². The first-order valence-electron chi connectivity index (χ1n) is 4.80. The number of thioether (sulfide) groups is 1. The van der Waals surface area contributed by atoms with E-state index in [1.165, 1.54) is 11.1 Å². The summed E-state index contributed by atoms with van der Waals surface area (Å²) in [5.41, 5.74) is 2.43. The molecule has 3 heteroatoms. The second kappa shape index (κ2) is 4.13. The van der Waals surface area contributed by atoms with E-state index in [1.54, 1.807) is 0 Å². The summed E-state index contributed by atoms with van der Waals surface area (Å²) in [6.07, 6.45) is 0. The third-order valence-corrected chi connectivity index (χ3v) is 4.13. The highest BCUT2D eigenvalue weighted by molar-refractivity contribution is 7.99. The number of rotatable bonds is 1. The van der Waals surface area contributed by atoms with E-state index in [2.05, 4.69) is 31.3 Å². The largest absolute Gasteiger partial charge is 0.298 e. The Morgan fingerprint density at radius 3 is 2.86 bits per heavy atom. The molecule has 1 N–H and O–H groups in total. The molecule has 1 saturated heterocycles. The molecular weight excluding hydrogens is 214 g/mol. The van der Waals surface area contributed by atoms with Crippen molar-refractivity contribution in [2.24, 2.45) is 0 Å². The van der Waals surface area contributed by atoms with E-state index in [0.717, 1.165) is 10.8 Å². The van der Waals surface area contributed by atoms with E-state index >= 15 is 0 Å². The van der Waals surface area contributed by atoms with Crippen LogP contribution in [0.25, 0.3) is 0 Å². The number of hydrogen-bond donors (Lipinski definition) is 1. The molecule has 0 aromatic heterocycles. The minimum absolute atomic E-state index is 0.373. The van der Waals surface area contributed by atoms with Crippen LogP contribution in [0.2, 0.25) is 5.02 Å². The van der Waals surface area contributed by atoms with Crippen molar-refractivity contribution in [2.45, 2.75) is 25.3 Å². The van der Waals surface area contributed by atoms with E-state index in [0.29, 0.717) is 11.4 Å². The van der Waals surface area contributed by atoms with E-state index < -0.39 is 0 Å². The lowest BCUT2D eigenvalue weighted by Gasteiger charge is -2.13. The summed E-state index contributed by atoms with van der Waals surface area (Å²) in [6, 6.07) is 6.86. The zero-order valence-corrected chi connectivity index (χ0v) is 9.95. The molecule has 1 aliphatic rings. The Morgan fingerprint density at radius 1 is 1.50 bits per heavy atom. The van der Waals surface area contributed by atoms with Gasteiger partial charge in [-0.2, -0.15) is 0 Å².